The predicted molar refractivity (Wildman–Crippen MR) is 123 cm³/mol. The molecule has 0 fully saturated rings. The van der Waals surface area contributed by atoms with Crippen LogP contribution in [0.4, 0.5) is 10.1 Å². The highest BCUT2D eigenvalue weighted by atomic mass is 19.1. The van der Waals surface area contributed by atoms with Crippen molar-refractivity contribution >= 4 is 22.5 Å². The first-order valence-corrected chi connectivity index (χ1v) is 10.1. The average molecular weight is 431 g/mol. The van der Waals surface area contributed by atoms with E-state index in [2.05, 4.69) is 5.32 Å². The molecule has 32 heavy (non-hydrogen) atoms. The molecule has 0 bridgehead atoms. The molecule has 3 aromatic carbocycles. The molecule has 1 aromatic heterocycles. The van der Waals surface area contributed by atoms with Gasteiger partial charge in [0.2, 0.25) is 5.91 Å². The Hall–Kier alpha value is -4.00. The Morgan fingerprint density at radius 2 is 1.69 bits per heavy atom. The molecule has 1 amide bonds. The van der Waals surface area contributed by atoms with E-state index in [9.17, 15) is 18.8 Å². The number of nitrogens with zero attached hydrogens (tertiary/aromatic N) is 2. The van der Waals surface area contributed by atoms with E-state index < -0.39 is 23.0 Å². The summed E-state index contributed by atoms with van der Waals surface area (Å²) >= 11 is 0. The van der Waals surface area contributed by atoms with Crippen molar-refractivity contribution < 1.29 is 9.18 Å². The van der Waals surface area contributed by atoms with E-state index in [1.807, 2.05) is 26.8 Å². The van der Waals surface area contributed by atoms with Gasteiger partial charge in [-0.05, 0) is 74.4 Å². The third-order valence-corrected chi connectivity index (χ3v) is 5.55. The lowest BCUT2D eigenvalue weighted by Crippen LogP contribution is -2.41. The lowest BCUT2D eigenvalue weighted by molar-refractivity contribution is -0.116. The number of nitrogens with one attached hydrogen (secondary N) is 1. The Morgan fingerprint density at radius 3 is 2.41 bits per heavy atom. The number of anilines is 1. The molecule has 7 heteroatoms. The largest absolute Gasteiger partial charge is 0.336 e. The molecule has 0 saturated carbocycles. The molecular weight excluding hydrogens is 409 g/mol. The number of carbonyl (C=O) groups is 1. The van der Waals surface area contributed by atoms with Gasteiger partial charge in [0.05, 0.1) is 16.6 Å². The van der Waals surface area contributed by atoms with E-state index in [0.29, 0.717) is 22.3 Å². The van der Waals surface area contributed by atoms with Gasteiger partial charge in [0, 0.05) is 5.69 Å². The van der Waals surface area contributed by atoms with E-state index in [-0.39, 0.29) is 6.54 Å². The van der Waals surface area contributed by atoms with Crippen LogP contribution in [0, 0.1) is 26.6 Å². The van der Waals surface area contributed by atoms with Crippen molar-refractivity contribution in [1.29, 1.82) is 0 Å². The molecule has 0 aliphatic rings. The predicted octanol–water partition coefficient (Wildman–Crippen LogP) is 3.86. The Morgan fingerprint density at radius 1 is 0.969 bits per heavy atom. The summed E-state index contributed by atoms with van der Waals surface area (Å²) in [5, 5.41) is 3.01. The van der Waals surface area contributed by atoms with Crippen LogP contribution in [-0.4, -0.2) is 15.0 Å². The summed E-state index contributed by atoms with van der Waals surface area (Å²) in [6.45, 7) is 5.31. The van der Waals surface area contributed by atoms with Gasteiger partial charge in [-0.15, -0.1) is 0 Å². The van der Waals surface area contributed by atoms with Crippen LogP contribution in [0.2, 0.25) is 0 Å². The van der Waals surface area contributed by atoms with Crippen molar-refractivity contribution in [2.75, 3.05) is 5.32 Å². The molecule has 0 spiro atoms. The maximum atomic E-state index is 13.5. The van der Waals surface area contributed by atoms with Gasteiger partial charge in [-0.25, -0.2) is 13.8 Å². The number of carbonyl (C=O) groups excluding carboxylic acids is 1. The zero-order valence-corrected chi connectivity index (χ0v) is 18.0. The third kappa shape index (κ3) is 3.85. The van der Waals surface area contributed by atoms with Crippen molar-refractivity contribution in [2.45, 2.75) is 27.3 Å². The smallest absolute Gasteiger partial charge is 0.325 e. The fourth-order valence-corrected chi connectivity index (χ4v) is 3.71. The average Bonchev–Trinajstić information content (AvgIpc) is 2.76. The highest BCUT2D eigenvalue weighted by molar-refractivity contribution is 5.91. The van der Waals surface area contributed by atoms with Crippen LogP contribution in [0.5, 0.6) is 0 Å². The first kappa shape index (κ1) is 21.2. The van der Waals surface area contributed by atoms with Crippen LogP contribution in [0.3, 0.4) is 0 Å². The zero-order valence-electron chi connectivity index (χ0n) is 18.0. The summed E-state index contributed by atoms with van der Waals surface area (Å²) in [5.74, 6) is -0.882. The summed E-state index contributed by atoms with van der Waals surface area (Å²) in [6, 6.07) is 15.9. The molecule has 0 radical (unpaired) electrons. The highest BCUT2D eigenvalue weighted by Gasteiger charge is 2.18. The van der Waals surface area contributed by atoms with Gasteiger partial charge in [-0.3, -0.25) is 14.2 Å². The molecular formula is C25H22FN3O3. The first-order valence-electron chi connectivity index (χ1n) is 10.1. The Kier molecular flexibility index (Phi) is 5.48. The number of hydrogen-bond acceptors (Lipinski definition) is 3. The van der Waals surface area contributed by atoms with Crippen LogP contribution < -0.4 is 16.6 Å². The summed E-state index contributed by atoms with van der Waals surface area (Å²) < 4.78 is 15.6. The van der Waals surface area contributed by atoms with E-state index in [0.717, 1.165) is 21.3 Å². The Bertz CT molecular complexity index is 1470. The number of halogens is 1. The second-order valence-corrected chi connectivity index (χ2v) is 7.80. The normalized spacial score (nSPS) is 11.0. The van der Waals surface area contributed by atoms with Crippen molar-refractivity contribution in [3.63, 3.8) is 0 Å². The Balaban J connectivity index is 1.89. The van der Waals surface area contributed by atoms with Gasteiger partial charge in [0.1, 0.15) is 12.4 Å². The molecule has 0 aliphatic carbocycles. The van der Waals surface area contributed by atoms with Crippen molar-refractivity contribution in [1.82, 2.24) is 9.13 Å². The molecule has 162 valence electrons. The molecule has 0 atom stereocenters. The van der Waals surface area contributed by atoms with Gasteiger partial charge in [-0.1, -0.05) is 23.8 Å². The minimum atomic E-state index is -0.602. The third-order valence-electron chi connectivity index (χ3n) is 5.55. The number of hydrogen-bond donors (Lipinski definition) is 1. The lowest BCUT2D eigenvalue weighted by atomic mass is 10.1. The van der Waals surface area contributed by atoms with Crippen molar-refractivity contribution in [3.05, 3.63) is 104 Å². The van der Waals surface area contributed by atoms with E-state index in [1.165, 1.54) is 28.8 Å². The second-order valence-electron chi connectivity index (χ2n) is 7.80. The molecule has 1 heterocycles. The van der Waals surface area contributed by atoms with E-state index >= 15 is 0 Å². The number of aromatic nitrogens is 2. The topological polar surface area (TPSA) is 73.1 Å². The number of amides is 1. The molecule has 4 rings (SSSR count). The molecule has 4 aromatic rings. The minimum Gasteiger partial charge on any atom is -0.325 e. The number of benzene rings is 3. The lowest BCUT2D eigenvalue weighted by Gasteiger charge is -2.16. The van der Waals surface area contributed by atoms with Crippen LogP contribution >= 0.6 is 0 Å². The second kappa shape index (κ2) is 8.26. The first-order chi connectivity index (χ1) is 15.3. The van der Waals surface area contributed by atoms with E-state index in [4.69, 9.17) is 0 Å². The van der Waals surface area contributed by atoms with Gasteiger partial charge in [0.15, 0.2) is 0 Å². The molecule has 0 unspecified atom stereocenters. The van der Waals surface area contributed by atoms with Crippen LogP contribution in [0.25, 0.3) is 16.6 Å². The zero-order chi connectivity index (χ0) is 23.0. The van der Waals surface area contributed by atoms with Gasteiger partial charge >= 0.3 is 5.69 Å². The highest BCUT2D eigenvalue weighted by Crippen LogP contribution is 2.17. The number of aryl methyl sites for hydroxylation is 2. The van der Waals surface area contributed by atoms with Crippen LogP contribution in [0.15, 0.2) is 70.3 Å². The van der Waals surface area contributed by atoms with Crippen molar-refractivity contribution in [2.24, 2.45) is 0 Å². The summed E-state index contributed by atoms with van der Waals surface area (Å²) in [4.78, 5) is 39.6. The number of rotatable bonds is 4. The summed E-state index contributed by atoms with van der Waals surface area (Å²) in [5.41, 5.74) is 2.85. The minimum absolute atomic E-state index is 0.305. The molecule has 0 aliphatic heterocycles. The van der Waals surface area contributed by atoms with Gasteiger partial charge in [-0.2, -0.15) is 0 Å². The molecule has 1 N–H and O–H groups in total. The van der Waals surface area contributed by atoms with Crippen LogP contribution in [-0.2, 0) is 11.3 Å². The summed E-state index contributed by atoms with van der Waals surface area (Å²) in [6.07, 6.45) is 0. The SMILES string of the molecule is Cc1ccc2c(c1)c(=O)n(-c1cccc(C)c1C)c(=O)n2CC(=O)Nc1ccc(F)cc1. The quantitative estimate of drug-likeness (QED) is 0.533. The van der Waals surface area contributed by atoms with Crippen LogP contribution in [0.1, 0.15) is 16.7 Å². The number of fused-ring (bicyclic) bond motifs is 1. The Labute approximate surface area is 183 Å². The maximum absolute atomic E-state index is 13.5. The monoisotopic (exact) mass is 431 g/mol. The van der Waals surface area contributed by atoms with Gasteiger partial charge < -0.3 is 5.32 Å². The standard InChI is InChI=1S/C25H22FN3O3/c1-15-7-12-22-20(13-15)24(31)29(21-6-4-5-16(2)17(21)3)25(32)28(22)14-23(30)27-19-10-8-18(26)9-11-19/h4-13H,14H2,1-3H3,(H,27,30). The van der Waals surface area contributed by atoms with Gasteiger partial charge in [0.25, 0.3) is 5.56 Å². The van der Waals surface area contributed by atoms with Crippen molar-refractivity contribution in [3.8, 4) is 5.69 Å². The molecule has 0 saturated heterocycles. The summed E-state index contributed by atoms with van der Waals surface area (Å²) in [7, 11) is 0. The molecule has 6 nitrogen and oxygen atoms in total. The van der Waals surface area contributed by atoms with E-state index in [1.54, 1.807) is 30.3 Å². The fraction of sp³-hybridized carbons (Fsp3) is 0.160. The maximum Gasteiger partial charge on any atom is 0.336 e. The fourth-order valence-electron chi connectivity index (χ4n) is 3.71.